The lowest BCUT2D eigenvalue weighted by Gasteiger charge is -2.32. The molecule has 0 unspecified atom stereocenters. The molecule has 1 fully saturated rings. The third-order valence-corrected chi connectivity index (χ3v) is 5.21. The molecular weight excluding hydrogens is 362 g/mol. The number of hydrogen-bond donors (Lipinski definition) is 0. The Labute approximate surface area is 161 Å². The number of carbonyl (C=O) groups excluding carboxylic acids is 2. The van der Waals surface area contributed by atoms with Gasteiger partial charge in [-0.05, 0) is 42.7 Å². The van der Waals surface area contributed by atoms with Crippen LogP contribution in [-0.2, 0) is 17.7 Å². The first-order valence-corrected chi connectivity index (χ1v) is 9.05. The van der Waals surface area contributed by atoms with Gasteiger partial charge in [0.1, 0.15) is 12.3 Å². The number of amides is 1. The smallest absolute Gasteiger partial charge is 0.414 e. The summed E-state index contributed by atoms with van der Waals surface area (Å²) in [6.07, 6.45) is 0.312. The lowest BCUT2D eigenvalue weighted by atomic mass is 9.96. The van der Waals surface area contributed by atoms with Gasteiger partial charge < -0.3 is 9.64 Å². The number of nitro groups is 1. The van der Waals surface area contributed by atoms with Gasteiger partial charge >= 0.3 is 6.09 Å². The number of anilines is 2. The van der Waals surface area contributed by atoms with Crippen LogP contribution in [0, 0.1) is 10.1 Å². The summed E-state index contributed by atoms with van der Waals surface area (Å²) in [6.45, 7) is 3.36. The zero-order chi connectivity index (χ0) is 19.8. The summed E-state index contributed by atoms with van der Waals surface area (Å²) in [5.41, 5.74) is 3.68. The molecule has 0 radical (unpaired) electrons. The molecule has 1 amide bonds. The highest BCUT2D eigenvalue weighted by atomic mass is 16.6. The molecule has 28 heavy (non-hydrogen) atoms. The Morgan fingerprint density at radius 2 is 2.00 bits per heavy atom. The third-order valence-electron chi connectivity index (χ3n) is 5.21. The number of hydrogen-bond acceptors (Lipinski definition) is 6. The number of fused-ring (bicyclic) bond motifs is 1. The minimum Gasteiger partial charge on any atom is -0.447 e. The Bertz CT molecular complexity index is 988. The molecule has 2 aromatic carbocycles. The van der Waals surface area contributed by atoms with Gasteiger partial charge in [0.15, 0.2) is 5.78 Å². The first-order chi connectivity index (χ1) is 13.5. The van der Waals surface area contributed by atoms with E-state index in [-0.39, 0.29) is 17.6 Å². The highest BCUT2D eigenvalue weighted by Crippen LogP contribution is 2.36. The van der Waals surface area contributed by atoms with E-state index in [1.165, 1.54) is 13.0 Å². The van der Waals surface area contributed by atoms with E-state index < -0.39 is 4.92 Å². The fraction of sp³-hybridized carbons (Fsp3) is 0.300. The summed E-state index contributed by atoms with van der Waals surface area (Å²) in [7, 11) is 0. The molecule has 0 spiro atoms. The fourth-order valence-electron chi connectivity index (χ4n) is 3.82. The van der Waals surface area contributed by atoms with E-state index in [4.69, 9.17) is 4.74 Å². The van der Waals surface area contributed by atoms with Crippen molar-refractivity contribution >= 4 is 28.9 Å². The standard InChI is InChI=1S/C20H19N3O5/c1-13(24)14-5-6-18(19(11-14)23(26)27)21-8-7-16-15(12-21)3-2-4-17(16)22-9-10-28-20(22)25/h2-6,11H,7-10,12H2,1H3. The van der Waals surface area contributed by atoms with Crippen molar-refractivity contribution in [2.24, 2.45) is 0 Å². The second-order valence-electron chi connectivity index (χ2n) is 6.87. The number of nitrogens with zero attached hydrogens (tertiary/aromatic N) is 3. The molecule has 0 atom stereocenters. The maximum absolute atomic E-state index is 11.9. The van der Waals surface area contributed by atoms with Crippen LogP contribution in [0.4, 0.5) is 21.9 Å². The predicted molar refractivity (Wildman–Crippen MR) is 103 cm³/mol. The van der Waals surface area contributed by atoms with Crippen molar-refractivity contribution in [3.05, 3.63) is 63.2 Å². The van der Waals surface area contributed by atoms with Crippen LogP contribution in [-0.4, -0.2) is 36.5 Å². The van der Waals surface area contributed by atoms with Crippen LogP contribution >= 0.6 is 0 Å². The van der Waals surface area contributed by atoms with Crippen LogP contribution in [0.15, 0.2) is 36.4 Å². The maximum Gasteiger partial charge on any atom is 0.414 e. The Morgan fingerprint density at radius 3 is 2.68 bits per heavy atom. The largest absolute Gasteiger partial charge is 0.447 e. The summed E-state index contributed by atoms with van der Waals surface area (Å²) in [5, 5.41) is 11.6. The minimum atomic E-state index is -0.450. The number of carbonyl (C=O) groups is 2. The van der Waals surface area contributed by atoms with Gasteiger partial charge in [-0.25, -0.2) is 4.79 Å². The van der Waals surface area contributed by atoms with Gasteiger partial charge in [0.25, 0.3) is 5.69 Å². The summed E-state index contributed by atoms with van der Waals surface area (Å²) in [6, 6.07) is 10.4. The van der Waals surface area contributed by atoms with Gasteiger partial charge in [0.2, 0.25) is 0 Å². The quantitative estimate of drug-likeness (QED) is 0.458. The average molecular weight is 381 g/mol. The maximum atomic E-state index is 11.9. The van der Waals surface area contributed by atoms with Crippen LogP contribution in [0.25, 0.3) is 0 Å². The van der Waals surface area contributed by atoms with Crippen LogP contribution in [0.1, 0.15) is 28.4 Å². The molecule has 8 heteroatoms. The molecule has 2 heterocycles. The van der Waals surface area contributed by atoms with Gasteiger partial charge in [0, 0.05) is 24.7 Å². The third kappa shape index (κ3) is 3.06. The van der Waals surface area contributed by atoms with Crippen LogP contribution in [0.5, 0.6) is 0 Å². The Balaban J connectivity index is 1.68. The number of ketones is 1. The monoisotopic (exact) mass is 381 g/mol. The van der Waals surface area contributed by atoms with Gasteiger partial charge in [-0.15, -0.1) is 0 Å². The average Bonchev–Trinajstić information content (AvgIpc) is 3.12. The second-order valence-corrected chi connectivity index (χ2v) is 6.87. The highest BCUT2D eigenvalue weighted by Gasteiger charge is 2.30. The predicted octanol–water partition coefficient (Wildman–Crippen LogP) is 3.32. The SMILES string of the molecule is CC(=O)c1ccc(N2CCc3c(cccc3N3CCOC3=O)C2)c([N+](=O)[O-])c1. The molecule has 0 aromatic heterocycles. The summed E-state index contributed by atoms with van der Waals surface area (Å²) in [4.78, 5) is 38.2. The molecule has 144 valence electrons. The van der Waals surface area contributed by atoms with E-state index in [0.29, 0.717) is 43.9 Å². The topological polar surface area (TPSA) is 93.0 Å². The van der Waals surface area contributed by atoms with E-state index >= 15 is 0 Å². The lowest BCUT2D eigenvalue weighted by Crippen LogP contribution is -2.33. The highest BCUT2D eigenvalue weighted by molar-refractivity contribution is 5.95. The van der Waals surface area contributed by atoms with E-state index in [1.807, 2.05) is 23.1 Å². The van der Waals surface area contributed by atoms with Gasteiger partial charge in [0.05, 0.1) is 17.2 Å². The Morgan fingerprint density at radius 1 is 1.18 bits per heavy atom. The number of ether oxygens (including phenoxy) is 1. The van der Waals surface area contributed by atoms with Crippen molar-refractivity contribution < 1.29 is 19.2 Å². The number of Topliss-reactive ketones (excluding diaryl/α,β-unsaturated/α-hetero) is 1. The van der Waals surface area contributed by atoms with Crippen molar-refractivity contribution in [1.29, 1.82) is 0 Å². The number of nitro benzene ring substituents is 1. The van der Waals surface area contributed by atoms with Gasteiger partial charge in [-0.1, -0.05) is 12.1 Å². The zero-order valence-electron chi connectivity index (χ0n) is 15.4. The van der Waals surface area contributed by atoms with E-state index in [0.717, 1.165) is 16.8 Å². The normalized spacial score (nSPS) is 16.0. The molecule has 1 saturated heterocycles. The van der Waals surface area contributed by atoms with E-state index in [1.54, 1.807) is 17.0 Å². The summed E-state index contributed by atoms with van der Waals surface area (Å²) < 4.78 is 5.05. The van der Waals surface area contributed by atoms with Crippen molar-refractivity contribution in [1.82, 2.24) is 0 Å². The summed E-state index contributed by atoms with van der Waals surface area (Å²) >= 11 is 0. The molecular formula is C20H19N3O5. The zero-order valence-corrected chi connectivity index (χ0v) is 15.4. The fourth-order valence-corrected chi connectivity index (χ4v) is 3.82. The molecule has 0 aliphatic carbocycles. The van der Waals surface area contributed by atoms with Crippen molar-refractivity contribution in [2.45, 2.75) is 19.9 Å². The van der Waals surface area contributed by atoms with Crippen molar-refractivity contribution in [3.8, 4) is 0 Å². The first kappa shape index (κ1) is 18.0. The molecule has 0 N–H and O–H groups in total. The first-order valence-electron chi connectivity index (χ1n) is 9.05. The molecule has 4 rings (SSSR count). The summed E-state index contributed by atoms with van der Waals surface area (Å²) in [5.74, 6) is -0.208. The molecule has 2 aliphatic rings. The number of rotatable bonds is 4. The van der Waals surface area contributed by atoms with Crippen LogP contribution in [0.2, 0.25) is 0 Å². The van der Waals surface area contributed by atoms with Crippen molar-refractivity contribution in [3.63, 3.8) is 0 Å². The van der Waals surface area contributed by atoms with E-state index in [9.17, 15) is 19.7 Å². The molecule has 2 aromatic rings. The van der Waals surface area contributed by atoms with Gasteiger partial charge in [-0.3, -0.25) is 19.8 Å². The minimum absolute atomic E-state index is 0.0737. The second kappa shape index (κ2) is 6.95. The van der Waals surface area contributed by atoms with Crippen LogP contribution < -0.4 is 9.80 Å². The molecule has 0 saturated carbocycles. The van der Waals surface area contributed by atoms with Crippen molar-refractivity contribution in [2.75, 3.05) is 29.5 Å². The molecule has 2 aliphatic heterocycles. The number of cyclic esters (lactones) is 1. The lowest BCUT2D eigenvalue weighted by molar-refractivity contribution is -0.384. The van der Waals surface area contributed by atoms with Gasteiger partial charge in [-0.2, -0.15) is 0 Å². The van der Waals surface area contributed by atoms with Crippen LogP contribution in [0.3, 0.4) is 0 Å². The number of benzene rings is 2. The Kier molecular flexibility index (Phi) is 4.46. The molecule has 8 nitrogen and oxygen atoms in total. The molecule has 0 bridgehead atoms. The van der Waals surface area contributed by atoms with E-state index in [2.05, 4.69) is 0 Å². The Hall–Kier alpha value is -3.42.